The van der Waals surface area contributed by atoms with Gasteiger partial charge in [0.05, 0.1) is 4.88 Å². The molecular formula is C23H22N2O2S2. The lowest BCUT2D eigenvalue weighted by Gasteiger charge is -2.27. The zero-order valence-electron chi connectivity index (χ0n) is 16.2. The first-order valence-corrected chi connectivity index (χ1v) is 11.5. The van der Waals surface area contributed by atoms with E-state index in [9.17, 15) is 9.59 Å². The van der Waals surface area contributed by atoms with Crippen LogP contribution in [0.1, 0.15) is 36.0 Å². The molecule has 0 saturated carbocycles. The largest absolute Gasteiger partial charge is 0.347 e. The molecule has 0 bridgehead atoms. The van der Waals surface area contributed by atoms with Gasteiger partial charge in [-0.15, -0.1) is 23.1 Å². The van der Waals surface area contributed by atoms with E-state index in [1.165, 1.54) is 9.77 Å². The van der Waals surface area contributed by atoms with Crippen LogP contribution < -0.4 is 5.32 Å². The summed E-state index contributed by atoms with van der Waals surface area (Å²) in [5.41, 5.74) is 2.87. The normalized spacial score (nSPS) is 13.1. The molecule has 4 rings (SSSR count). The van der Waals surface area contributed by atoms with Crippen LogP contribution in [0.15, 0.2) is 65.6 Å². The lowest BCUT2D eigenvalue weighted by Crippen LogP contribution is -2.35. The Morgan fingerprint density at radius 1 is 1.10 bits per heavy atom. The molecule has 6 heteroatoms. The molecule has 0 aliphatic carbocycles. The summed E-state index contributed by atoms with van der Waals surface area (Å²) in [6.07, 6.45) is 2.84. The predicted molar refractivity (Wildman–Crippen MR) is 119 cm³/mol. The van der Waals surface area contributed by atoms with Crippen LogP contribution in [0.4, 0.5) is 0 Å². The van der Waals surface area contributed by atoms with E-state index < -0.39 is 0 Å². The maximum absolute atomic E-state index is 12.7. The van der Waals surface area contributed by atoms with Crippen LogP contribution in [0.5, 0.6) is 0 Å². The number of thioether (sulfide) groups is 1. The number of hydrogen-bond donors (Lipinski definition) is 1. The Balaban J connectivity index is 1.39. The molecule has 1 aliphatic heterocycles. The standard InChI is InChI=1S/C23H22N2O2S2/c1-28-19-9-7-16(8-10-19)14-24-22(26)21-13-18-15-25(12-11-20(18)29-21)23(27)17-5-3-2-4-6-17/h2-10,13H,11-12,14-15H2,1H3,(H,24,26). The van der Waals surface area contributed by atoms with E-state index in [1.54, 1.807) is 23.1 Å². The Hall–Kier alpha value is -2.57. The molecule has 0 saturated heterocycles. The Labute approximate surface area is 178 Å². The lowest BCUT2D eigenvalue weighted by atomic mass is 10.1. The molecule has 0 fully saturated rings. The van der Waals surface area contributed by atoms with Crippen molar-refractivity contribution in [3.63, 3.8) is 0 Å². The maximum Gasteiger partial charge on any atom is 0.261 e. The molecule has 0 unspecified atom stereocenters. The molecule has 1 N–H and O–H groups in total. The Bertz CT molecular complexity index is 1010. The SMILES string of the molecule is CSc1ccc(CNC(=O)c2cc3c(s2)CCN(C(=O)c2ccccc2)C3)cc1. The first-order chi connectivity index (χ1) is 14.1. The fourth-order valence-electron chi connectivity index (χ4n) is 3.39. The molecule has 29 heavy (non-hydrogen) atoms. The van der Waals surface area contributed by atoms with E-state index in [1.807, 2.05) is 59.7 Å². The van der Waals surface area contributed by atoms with Crippen molar-refractivity contribution in [1.29, 1.82) is 0 Å². The van der Waals surface area contributed by atoms with Gasteiger partial charge in [-0.2, -0.15) is 0 Å². The first-order valence-electron chi connectivity index (χ1n) is 9.51. The van der Waals surface area contributed by atoms with Gasteiger partial charge in [0.25, 0.3) is 11.8 Å². The number of nitrogens with one attached hydrogen (secondary N) is 1. The molecule has 3 aromatic rings. The summed E-state index contributed by atoms with van der Waals surface area (Å²) < 4.78 is 0. The van der Waals surface area contributed by atoms with Crippen molar-refractivity contribution in [3.8, 4) is 0 Å². The molecule has 0 atom stereocenters. The average molecular weight is 423 g/mol. The van der Waals surface area contributed by atoms with Crippen molar-refractivity contribution < 1.29 is 9.59 Å². The minimum atomic E-state index is -0.0562. The van der Waals surface area contributed by atoms with Crippen LogP contribution >= 0.6 is 23.1 Å². The Kier molecular flexibility index (Phi) is 6.02. The fourth-order valence-corrected chi connectivity index (χ4v) is 4.88. The predicted octanol–water partition coefficient (Wildman–Crippen LogP) is 4.60. The van der Waals surface area contributed by atoms with Crippen LogP contribution in [0.25, 0.3) is 0 Å². The van der Waals surface area contributed by atoms with Crippen molar-refractivity contribution in [2.45, 2.75) is 24.4 Å². The second-order valence-electron chi connectivity index (χ2n) is 6.93. The van der Waals surface area contributed by atoms with Crippen LogP contribution in [0.2, 0.25) is 0 Å². The highest BCUT2D eigenvalue weighted by Crippen LogP contribution is 2.29. The molecule has 1 aliphatic rings. The van der Waals surface area contributed by atoms with Crippen LogP contribution in [-0.4, -0.2) is 29.5 Å². The highest BCUT2D eigenvalue weighted by Gasteiger charge is 2.25. The summed E-state index contributed by atoms with van der Waals surface area (Å²) in [4.78, 5) is 30.3. The summed E-state index contributed by atoms with van der Waals surface area (Å²) in [5.74, 6) is -0.0126. The summed E-state index contributed by atoms with van der Waals surface area (Å²) >= 11 is 3.24. The minimum absolute atomic E-state index is 0.0436. The van der Waals surface area contributed by atoms with Crippen molar-refractivity contribution in [1.82, 2.24) is 10.2 Å². The maximum atomic E-state index is 12.7. The second kappa shape index (κ2) is 8.84. The van der Waals surface area contributed by atoms with E-state index in [4.69, 9.17) is 0 Å². The molecule has 1 aromatic heterocycles. The third-order valence-corrected chi connectivity index (χ3v) is 6.99. The highest BCUT2D eigenvalue weighted by atomic mass is 32.2. The van der Waals surface area contributed by atoms with E-state index in [0.29, 0.717) is 30.1 Å². The number of rotatable bonds is 5. The molecule has 0 spiro atoms. The Morgan fingerprint density at radius 2 is 1.86 bits per heavy atom. The number of fused-ring (bicyclic) bond motifs is 1. The van der Waals surface area contributed by atoms with E-state index in [2.05, 4.69) is 17.4 Å². The van der Waals surface area contributed by atoms with Gasteiger partial charge in [0.1, 0.15) is 0 Å². The van der Waals surface area contributed by atoms with E-state index >= 15 is 0 Å². The number of thiophene rings is 1. The Morgan fingerprint density at radius 3 is 2.59 bits per heavy atom. The summed E-state index contributed by atoms with van der Waals surface area (Å²) in [6.45, 7) is 1.75. The number of amides is 2. The van der Waals surface area contributed by atoms with Crippen LogP contribution in [-0.2, 0) is 19.5 Å². The van der Waals surface area contributed by atoms with E-state index in [0.717, 1.165) is 17.5 Å². The van der Waals surface area contributed by atoms with Gasteiger partial charge in [0.15, 0.2) is 0 Å². The van der Waals surface area contributed by atoms with Crippen LogP contribution in [0, 0.1) is 0 Å². The van der Waals surface area contributed by atoms with Crippen molar-refractivity contribution in [2.75, 3.05) is 12.8 Å². The van der Waals surface area contributed by atoms with Gasteiger partial charge in [-0.3, -0.25) is 9.59 Å². The van der Waals surface area contributed by atoms with Gasteiger partial charge in [-0.1, -0.05) is 30.3 Å². The molecule has 2 aromatic carbocycles. The third kappa shape index (κ3) is 4.54. The third-order valence-electron chi connectivity index (χ3n) is 5.01. The number of nitrogens with zero attached hydrogens (tertiary/aromatic N) is 1. The monoisotopic (exact) mass is 422 g/mol. The summed E-state index contributed by atoms with van der Waals surface area (Å²) in [7, 11) is 0. The first kappa shape index (κ1) is 19.7. The van der Waals surface area contributed by atoms with Crippen LogP contribution in [0.3, 0.4) is 0 Å². The second-order valence-corrected chi connectivity index (χ2v) is 8.95. The molecule has 0 radical (unpaired) electrons. The van der Waals surface area contributed by atoms with Gasteiger partial charge >= 0.3 is 0 Å². The number of hydrogen-bond acceptors (Lipinski definition) is 4. The highest BCUT2D eigenvalue weighted by molar-refractivity contribution is 7.98. The van der Waals surface area contributed by atoms with Gasteiger partial charge in [0, 0.05) is 35.0 Å². The summed E-state index contributed by atoms with van der Waals surface area (Å²) in [5, 5.41) is 3.01. The number of benzene rings is 2. The lowest BCUT2D eigenvalue weighted by molar-refractivity contribution is 0.0736. The molecular weight excluding hydrogens is 400 g/mol. The average Bonchev–Trinajstić information content (AvgIpc) is 3.21. The molecule has 4 nitrogen and oxygen atoms in total. The zero-order chi connectivity index (χ0) is 20.2. The fraction of sp³-hybridized carbons (Fsp3) is 0.217. The van der Waals surface area contributed by atoms with Gasteiger partial charge < -0.3 is 10.2 Å². The smallest absolute Gasteiger partial charge is 0.261 e. The van der Waals surface area contributed by atoms with Gasteiger partial charge in [-0.25, -0.2) is 0 Å². The zero-order valence-corrected chi connectivity index (χ0v) is 17.8. The van der Waals surface area contributed by atoms with Crippen molar-refractivity contribution >= 4 is 34.9 Å². The number of carbonyl (C=O) groups is 2. The summed E-state index contributed by atoms with van der Waals surface area (Å²) in [6, 6.07) is 19.5. The molecule has 2 heterocycles. The number of carbonyl (C=O) groups excluding carboxylic acids is 2. The minimum Gasteiger partial charge on any atom is -0.347 e. The topological polar surface area (TPSA) is 49.4 Å². The molecule has 148 valence electrons. The van der Waals surface area contributed by atoms with Gasteiger partial charge in [0.2, 0.25) is 0 Å². The van der Waals surface area contributed by atoms with Crippen molar-refractivity contribution in [3.05, 3.63) is 87.1 Å². The van der Waals surface area contributed by atoms with Crippen molar-refractivity contribution in [2.24, 2.45) is 0 Å². The quantitative estimate of drug-likeness (QED) is 0.612. The van der Waals surface area contributed by atoms with Gasteiger partial charge in [-0.05, 0) is 54.1 Å². The molecule has 2 amide bonds. The van der Waals surface area contributed by atoms with E-state index in [-0.39, 0.29) is 11.8 Å².